The van der Waals surface area contributed by atoms with Crippen LogP contribution in [0.25, 0.3) is 0 Å². The summed E-state index contributed by atoms with van der Waals surface area (Å²) in [4.78, 5) is 29.5. The van der Waals surface area contributed by atoms with Crippen LogP contribution in [0.3, 0.4) is 0 Å². The molecule has 1 fully saturated rings. The van der Waals surface area contributed by atoms with Crippen LogP contribution in [0.15, 0.2) is 12.7 Å². The number of rotatable bonds is 4. The first-order valence-corrected chi connectivity index (χ1v) is 8.10. The van der Waals surface area contributed by atoms with Gasteiger partial charge in [0, 0.05) is 25.2 Å². The summed E-state index contributed by atoms with van der Waals surface area (Å²) < 4.78 is 7.00. The molecule has 0 aliphatic carbocycles. The fourth-order valence-electron chi connectivity index (χ4n) is 2.47. The first-order chi connectivity index (χ1) is 11.2. The van der Waals surface area contributed by atoms with Crippen molar-refractivity contribution in [2.75, 3.05) is 13.1 Å². The van der Waals surface area contributed by atoms with Crippen molar-refractivity contribution in [1.29, 1.82) is 0 Å². The maximum Gasteiger partial charge on any atom is 0.410 e. The molecule has 2 atom stereocenters. The molecule has 2 N–H and O–H groups in total. The summed E-state index contributed by atoms with van der Waals surface area (Å²) in [5.74, 6) is 0. The van der Waals surface area contributed by atoms with E-state index in [0.29, 0.717) is 26.1 Å². The van der Waals surface area contributed by atoms with Gasteiger partial charge in [0.2, 0.25) is 0 Å². The van der Waals surface area contributed by atoms with Crippen LogP contribution in [0.1, 0.15) is 34.1 Å². The second-order valence-electron chi connectivity index (χ2n) is 7.05. The van der Waals surface area contributed by atoms with Crippen molar-refractivity contribution < 1.29 is 14.3 Å². The average molecular weight is 338 g/mol. The molecule has 0 spiro atoms. The van der Waals surface area contributed by atoms with Gasteiger partial charge in [-0.1, -0.05) is 0 Å². The SMILES string of the molecule is C[C@H](Cn1cncn1)NC(=O)N[C@@H]1CCN(C(=O)OC(C)(C)C)C1. The second-order valence-corrected chi connectivity index (χ2v) is 7.05. The molecule has 0 bridgehead atoms. The number of hydrogen-bond donors (Lipinski definition) is 2. The summed E-state index contributed by atoms with van der Waals surface area (Å²) in [5, 5.41) is 9.75. The molecule has 0 saturated carbocycles. The van der Waals surface area contributed by atoms with Gasteiger partial charge >= 0.3 is 12.1 Å². The Hall–Kier alpha value is -2.32. The van der Waals surface area contributed by atoms with Crippen LogP contribution in [-0.4, -0.2) is 62.6 Å². The van der Waals surface area contributed by atoms with Crippen molar-refractivity contribution in [3.63, 3.8) is 0 Å². The van der Waals surface area contributed by atoms with E-state index in [1.54, 1.807) is 15.9 Å². The monoisotopic (exact) mass is 338 g/mol. The Labute approximate surface area is 141 Å². The van der Waals surface area contributed by atoms with Crippen molar-refractivity contribution in [2.45, 2.75) is 58.3 Å². The van der Waals surface area contributed by atoms with Crippen molar-refractivity contribution in [3.05, 3.63) is 12.7 Å². The predicted molar refractivity (Wildman–Crippen MR) is 87.4 cm³/mol. The summed E-state index contributed by atoms with van der Waals surface area (Å²) >= 11 is 0. The lowest BCUT2D eigenvalue weighted by atomic mass is 10.2. The highest BCUT2D eigenvalue weighted by molar-refractivity contribution is 5.75. The Morgan fingerprint density at radius 1 is 1.42 bits per heavy atom. The van der Waals surface area contributed by atoms with Gasteiger partial charge in [0.15, 0.2) is 0 Å². The fourth-order valence-corrected chi connectivity index (χ4v) is 2.47. The molecule has 1 aliphatic rings. The third kappa shape index (κ3) is 5.71. The van der Waals surface area contributed by atoms with Crippen LogP contribution in [0.4, 0.5) is 9.59 Å². The Balaban J connectivity index is 1.72. The normalized spacial score (nSPS) is 19.0. The van der Waals surface area contributed by atoms with Gasteiger partial charge in [-0.3, -0.25) is 4.68 Å². The molecular formula is C15H26N6O3. The summed E-state index contributed by atoms with van der Waals surface area (Å²) in [6.45, 7) is 8.97. The van der Waals surface area contributed by atoms with E-state index in [1.807, 2.05) is 27.7 Å². The van der Waals surface area contributed by atoms with Crippen LogP contribution >= 0.6 is 0 Å². The summed E-state index contributed by atoms with van der Waals surface area (Å²) in [7, 11) is 0. The number of carbonyl (C=O) groups excluding carboxylic acids is 2. The quantitative estimate of drug-likeness (QED) is 0.852. The van der Waals surface area contributed by atoms with Crippen LogP contribution in [-0.2, 0) is 11.3 Å². The number of carbonyl (C=O) groups is 2. The van der Waals surface area contributed by atoms with E-state index in [-0.39, 0.29) is 24.2 Å². The van der Waals surface area contributed by atoms with Gasteiger partial charge in [-0.2, -0.15) is 5.10 Å². The second kappa shape index (κ2) is 7.50. The minimum absolute atomic E-state index is 0.0731. The van der Waals surface area contributed by atoms with E-state index in [1.165, 1.54) is 6.33 Å². The van der Waals surface area contributed by atoms with Gasteiger partial charge in [-0.25, -0.2) is 14.6 Å². The van der Waals surface area contributed by atoms with E-state index in [9.17, 15) is 9.59 Å². The summed E-state index contributed by atoms with van der Waals surface area (Å²) in [5.41, 5.74) is -0.517. The van der Waals surface area contributed by atoms with E-state index in [2.05, 4.69) is 20.7 Å². The number of amides is 3. The molecule has 2 rings (SSSR count). The highest BCUT2D eigenvalue weighted by Gasteiger charge is 2.30. The Bertz CT molecular complexity index is 554. The molecule has 1 aromatic rings. The lowest BCUT2D eigenvalue weighted by Crippen LogP contribution is -2.47. The average Bonchev–Trinajstić information content (AvgIpc) is 3.07. The van der Waals surface area contributed by atoms with Gasteiger partial charge in [0.05, 0.1) is 6.54 Å². The van der Waals surface area contributed by atoms with Crippen molar-refractivity contribution in [2.24, 2.45) is 0 Å². The summed E-state index contributed by atoms with van der Waals surface area (Å²) in [6.07, 6.45) is 3.43. The standard InChI is InChI=1S/C15H26N6O3/c1-11(7-21-10-16-9-17-21)18-13(22)19-12-5-6-20(8-12)14(23)24-15(2,3)4/h9-12H,5-8H2,1-4H3,(H2,18,19,22)/t11-,12-/m1/s1. The van der Waals surface area contributed by atoms with Crippen LogP contribution in [0.2, 0.25) is 0 Å². The molecule has 2 heterocycles. The molecule has 1 aliphatic heterocycles. The number of urea groups is 1. The van der Waals surface area contributed by atoms with Crippen molar-refractivity contribution >= 4 is 12.1 Å². The minimum Gasteiger partial charge on any atom is -0.444 e. The first kappa shape index (κ1) is 18.0. The molecule has 0 aromatic carbocycles. The van der Waals surface area contributed by atoms with Gasteiger partial charge in [-0.05, 0) is 34.1 Å². The highest BCUT2D eigenvalue weighted by Crippen LogP contribution is 2.15. The fraction of sp³-hybridized carbons (Fsp3) is 0.733. The zero-order valence-electron chi connectivity index (χ0n) is 14.7. The zero-order valence-corrected chi connectivity index (χ0v) is 14.7. The predicted octanol–water partition coefficient (Wildman–Crippen LogP) is 0.975. The lowest BCUT2D eigenvalue weighted by Gasteiger charge is -2.24. The molecule has 0 unspecified atom stereocenters. The van der Waals surface area contributed by atoms with Crippen molar-refractivity contribution in [3.8, 4) is 0 Å². The smallest absolute Gasteiger partial charge is 0.410 e. The Morgan fingerprint density at radius 3 is 2.79 bits per heavy atom. The maximum absolute atomic E-state index is 12.0. The molecule has 9 heteroatoms. The highest BCUT2D eigenvalue weighted by atomic mass is 16.6. The molecule has 9 nitrogen and oxygen atoms in total. The molecule has 24 heavy (non-hydrogen) atoms. The number of nitrogens with zero attached hydrogens (tertiary/aromatic N) is 4. The molecule has 134 valence electrons. The molecule has 0 radical (unpaired) electrons. The zero-order chi connectivity index (χ0) is 17.7. The van der Waals surface area contributed by atoms with Crippen LogP contribution in [0.5, 0.6) is 0 Å². The molecule has 3 amide bonds. The topological polar surface area (TPSA) is 101 Å². The maximum atomic E-state index is 12.0. The molecule has 1 saturated heterocycles. The van der Waals surface area contributed by atoms with E-state index < -0.39 is 5.60 Å². The van der Waals surface area contributed by atoms with Crippen LogP contribution in [0, 0.1) is 0 Å². The van der Waals surface area contributed by atoms with Gasteiger partial charge in [0.1, 0.15) is 18.3 Å². The molecular weight excluding hydrogens is 312 g/mol. The number of ether oxygens (including phenoxy) is 1. The van der Waals surface area contributed by atoms with E-state index >= 15 is 0 Å². The third-order valence-corrected chi connectivity index (χ3v) is 3.48. The van der Waals surface area contributed by atoms with E-state index in [4.69, 9.17) is 4.74 Å². The van der Waals surface area contributed by atoms with Gasteiger partial charge in [0.25, 0.3) is 0 Å². The third-order valence-electron chi connectivity index (χ3n) is 3.48. The Morgan fingerprint density at radius 2 is 2.17 bits per heavy atom. The van der Waals surface area contributed by atoms with Crippen molar-refractivity contribution in [1.82, 2.24) is 30.3 Å². The number of nitrogens with one attached hydrogen (secondary N) is 2. The first-order valence-electron chi connectivity index (χ1n) is 8.10. The van der Waals surface area contributed by atoms with E-state index in [0.717, 1.165) is 0 Å². The van der Waals surface area contributed by atoms with Crippen LogP contribution < -0.4 is 10.6 Å². The summed E-state index contributed by atoms with van der Waals surface area (Å²) in [6, 6.07) is -0.412. The number of hydrogen-bond acceptors (Lipinski definition) is 5. The van der Waals surface area contributed by atoms with Gasteiger partial charge < -0.3 is 20.3 Å². The Kier molecular flexibility index (Phi) is 5.63. The lowest BCUT2D eigenvalue weighted by molar-refractivity contribution is 0.0291. The minimum atomic E-state index is -0.517. The van der Waals surface area contributed by atoms with Gasteiger partial charge in [-0.15, -0.1) is 0 Å². The largest absolute Gasteiger partial charge is 0.444 e. The number of likely N-dealkylation sites (tertiary alicyclic amines) is 1. The molecule has 1 aromatic heterocycles. The number of aromatic nitrogens is 3.